The molecule has 0 saturated heterocycles. The van der Waals surface area contributed by atoms with Gasteiger partial charge in [0.05, 0.1) is 0 Å². The minimum absolute atomic E-state index is 0.269. The number of hydrogen-bond acceptors (Lipinski definition) is 3. The van der Waals surface area contributed by atoms with Crippen molar-refractivity contribution in [3.05, 3.63) is 84.3 Å². The zero-order valence-corrected chi connectivity index (χ0v) is 12.1. The van der Waals surface area contributed by atoms with Gasteiger partial charge in [-0.05, 0) is 0 Å². The molecule has 22 heavy (non-hydrogen) atoms. The van der Waals surface area contributed by atoms with Crippen LogP contribution in [-0.2, 0) is 19.7 Å². The summed E-state index contributed by atoms with van der Waals surface area (Å²) < 4.78 is 47.7. The molecule has 114 valence electrons. The number of hydrogen-bond donors (Lipinski definition) is 0. The maximum Gasteiger partial charge on any atom is 0.416 e. The Bertz CT molecular complexity index is 626. The van der Waals surface area contributed by atoms with Crippen LogP contribution >= 0.6 is 0 Å². The van der Waals surface area contributed by atoms with Crippen LogP contribution in [0.2, 0.25) is 0 Å². The fraction of sp³-hybridized carbons (Fsp3) is 0. The molecule has 0 aliphatic heterocycles. The van der Waals surface area contributed by atoms with Crippen molar-refractivity contribution in [3.63, 3.8) is 0 Å². The maximum atomic E-state index is 13.6. The Morgan fingerprint density at radius 1 is 0.773 bits per heavy atom. The van der Waals surface area contributed by atoms with Crippen molar-refractivity contribution in [2.45, 2.75) is 0 Å². The smallest absolute Gasteiger partial charge is 0.376 e. The second kappa shape index (κ2) is 8.09. The molecule has 0 N–H and O–H groups in total. The second-order valence-corrected chi connectivity index (χ2v) is 4.85. The zero-order valence-electron chi connectivity index (χ0n) is 11.3. The third-order valence-electron chi connectivity index (χ3n) is 2.56. The predicted molar refractivity (Wildman–Crippen MR) is 81.4 cm³/mol. The van der Waals surface area contributed by atoms with Crippen molar-refractivity contribution in [1.29, 1.82) is 0 Å². The molecule has 0 aromatic heterocycles. The lowest BCUT2D eigenvalue weighted by atomic mass is 10.2. The van der Waals surface area contributed by atoms with E-state index in [1.807, 2.05) is 0 Å². The largest absolute Gasteiger partial charge is 0.416 e. The summed E-state index contributed by atoms with van der Waals surface area (Å²) in [6.07, 6.45) is 1.30. The molecule has 0 aliphatic rings. The van der Waals surface area contributed by atoms with Crippen molar-refractivity contribution in [3.8, 4) is 0 Å². The Morgan fingerprint density at radius 3 is 1.50 bits per heavy atom. The summed E-state index contributed by atoms with van der Waals surface area (Å²) in [5.41, 5.74) is 0.538. The van der Waals surface area contributed by atoms with Gasteiger partial charge in [-0.3, -0.25) is 0 Å². The Morgan fingerprint density at radius 2 is 1.14 bits per heavy atom. The summed E-state index contributed by atoms with van der Waals surface area (Å²) in [5.74, 6) is -1.44. The second-order valence-electron chi connectivity index (χ2n) is 4.06. The SMILES string of the molecule is O=S(OC=C(F)c1ccccc1)OC=C(F)c1ccccc1. The minimum atomic E-state index is -2.34. The topological polar surface area (TPSA) is 35.5 Å². The normalized spacial score (nSPS) is 13.5. The molecule has 0 heterocycles. The third kappa shape index (κ3) is 4.82. The van der Waals surface area contributed by atoms with Gasteiger partial charge in [0, 0.05) is 11.1 Å². The molecular formula is C16H12F2O3S. The van der Waals surface area contributed by atoms with E-state index < -0.39 is 23.0 Å². The molecule has 0 atom stereocenters. The summed E-state index contributed by atoms with van der Waals surface area (Å²) in [7, 11) is 0. The molecule has 0 spiro atoms. The van der Waals surface area contributed by atoms with Crippen LogP contribution in [0.3, 0.4) is 0 Å². The van der Waals surface area contributed by atoms with Gasteiger partial charge in [0.2, 0.25) is 0 Å². The Labute approximate surface area is 129 Å². The maximum absolute atomic E-state index is 13.6. The monoisotopic (exact) mass is 322 g/mol. The van der Waals surface area contributed by atoms with Crippen LogP contribution in [0.15, 0.2) is 73.2 Å². The summed E-state index contributed by atoms with van der Waals surface area (Å²) in [5, 5.41) is 0. The van der Waals surface area contributed by atoms with Gasteiger partial charge >= 0.3 is 11.4 Å². The van der Waals surface area contributed by atoms with E-state index in [1.165, 1.54) is 24.3 Å². The van der Waals surface area contributed by atoms with Crippen LogP contribution in [0.1, 0.15) is 11.1 Å². The Hall–Kier alpha value is -2.47. The Kier molecular flexibility index (Phi) is 5.85. The quantitative estimate of drug-likeness (QED) is 0.733. The summed E-state index contributed by atoms with van der Waals surface area (Å²) >= 11 is -2.34. The van der Waals surface area contributed by atoms with Gasteiger partial charge in [-0.1, -0.05) is 60.7 Å². The van der Waals surface area contributed by atoms with Crippen molar-refractivity contribution in [2.75, 3.05) is 0 Å². The highest BCUT2D eigenvalue weighted by Gasteiger charge is 2.05. The van der Waals surface area contributed by atoms with E-state index in [0.717, 1.165) is 0 Å². The summed E-state index contributed by atoms with van der Waals surface area (Å²) in [6, 6.07) is 16.1. The van der Waals surface area contributed by atoms with E-state index >= 15 is 0 Å². The molecule has 0 bridgehead atoms. The molecule has 0 aliphatic carbocycles. The van der Waals surface area contributed by atoms with Gasteiger partial charge < -0.3 is 8.37 Å². The van der Waals surface area contributed by atoms with Crippen LogP contribution in [0, 0.1) is 0 Å². The molecule has 2 aromatic carbocycles. The molecule has 0 saturated carbocycles. The van der Waals surface area contributed by atoms with Gasteiger partial charge in [-0.2, -0.15) is 4.21 Å². The molecule has 0 radical (unpaired) electrons. The van der Waals surface area contributed by atoms with Gasteiger partial charge in [0.1, 0.15) is 12.5 Å². The molecule has 0 amide bonds. The van der Waals surface area contributed by atoms with Crippen molar-refractivity contribution in [2.24, 2.45) is 0 Å². The third-order valence-corrected chi connectivity index (χ3v) is 3.07. The number of halogens is 2. The Balaban J connectivity index is 1.91. The number of rotatable bonds is 6. The first-order valence-corrected chi connectivity index (χ1v) is 7.25. The molecule has 3 nitrogen and oxygen atoms in total. The first-order chi connectivity index (χ1) is 10.7. The zero-order chi connectivity index (χ0) is 15.8. The number of benzene rings is 2. The summed E-state index contributed by atoms with van der Waals surface area (Å²) in [4.78, 5) is 0. The van der Waals surface area contributed by atoms with Crippen molar-refractivity contribution >= 4 is 23.0 Å². The predicted octanol–water partition coefficient (Wildman–Crippen LogP) is 4.53. The van der Waals surface area contributed by atoms with E-state index in [1.54, 1.807) is 36.4 Å². The molecule has 2 rings (SSSR count). The van der Waals surface area contributed by atoms with Crippen LogP contribution < -0.4 is 0 Å². The van der Waals surface area contributed by atoms with E-state index in [4.69, 9.17) is 0 Å². The van der Waals surface area contributed by atoms with E-state index in [0.29, 0.717) is 12.5 Å². The lowest BCUT2D eigenvalue weighted by molar-refractivity contribution is 0.389. The average Bonchev–Trinajstić information content (AvgIpc) is 2.59. The van der Waals surface area contributed by atoms with Crippen LogP contribution in [0.4, 0.5) is 8.78 Å². The first-order valence-electron chi connectivity index (χ1n) is 6.25. The van der Waals surface area contributed by atoms with E-state index in [2.05, 4.69) is 8.37 Å². The van der Waals surface area contributed by atoms with Crippen LogP contribution in [-0.4, -0.2) is 4.21 Å². The first kappa shape index (κ1) is 15.9. The summed E-state index contributed by atoms with van der Waals surface area (Å²) in [6.45, 7) is 0. The minimum Gasteiger partial charge on any atom is -0.376 e. The molecule has 2 aromatic rings. The standard InChI is InChI=1S/C16H12F2O3S/c17-15(13-7-3-1-4-8-13)11-20-22(19)21-12-16(18)14-9-5-2-6-10-14/h1-12H. The highest BCUT2D eigenvalue weighted by Crippen LogP contribution is 2.17. The fourth-order valence-corrected chi connectivity index (χ4v) is 1.89. The van der Waals surface area contributed by atoms with Crippen LogP contribution in [0.25, 0.3) is 11.7 Å². The molecule has 0 fully saturated rings. The van der Waals surface area contributed by atoms with Gasteiger partial charge in [0.15, 0.2) is 11.7 Å². The van der Waals surface area contributed by atoms with E-state index in [9.17, 15) is 13.0 Å². The molecule has 6 heteroatoms. The van der Waals surface area contributed by atoms with Crippen molar-refractivity contribution < 1.29 is 21.4 Å². The molecular weight excluding hydrogens is 310 g/mol. The van der Waals surface area contributed by atoms with Crippen LogP contribution in [0.5, 0.6) is 0 Å². The fourth-order valence-electron chi connectivity index (χ4n) is 1.52. The highest BCUT2D eigenvalue weighted by atomic mass is 32.2. The average molecular weight is 322 g/mol. The lowest BCUT2D eigenvalue weighted by Crippen LogP contribution is -1.93. The molecule has 0 unspecified atom stereocenters. The highest BCUT2D eigenvalue weighted by molar-refractivity contribution is 7.75. The van der Waals surface area contributed by atoms with Gasteiger partial charge in [-0.25, -0.2) is 8.78 Å². The van der Waals surface area contributed by atoms with E-state index in [-0.39, 0.29) is 11.1 Å². The van der Waals surface area contributed by atoms with Crippen molar-refractivity contribution in [1.82, 2.24) is 0 Å². The lowest BCUT2D eigenvalue weighted by Gasteiger charge is -2.00. The van der Waals surface area contributed by atoms with Gasteiger partial charge in [-0.15, -0.1) is 0 Å². The van der Waals surface area contributed by atoms with Gasteiger partial charge in [0.25, 0.3) is 0 Å².